The number of hydrogen-bond donors (Lipinski definition) is 0. The van der Waals surface area contributed by atoms with E-state index in [1.165, 1.54) is 12.0 Å². The molecule has 0 saturated carbocycles. The molecule has 2 aromatic carbocycles. The molecule has 1 aliphatic rings. The summed E-state index contributed by atoms with van der Waals surface area (Å²) in [6, 6.07) is 9.15. The van der Waals surface area contributed by atoms with Crippen molar-refractivity contribution in [1.82, 2.24) is 0 Å². The van der Waals surface area contributed by atoms with Gasteiger partial charge < -0.3 is 14.4 Å². The molecule has 0 saturated heterocycles. The van der Waals surface area contributed by atoms with Crippen molar-refractivity contribution in [3.63, 3.8) is 0 Å². The van der Waals surface area contributed by atoms with E-state index < -0.39 is 29.6 Å². The van der Waals surface area contributed by atoms with Crippen molar-refractivity contribution >= 4 is 17.6 Å². The Balaban J connectivity index is 2.01. The summed E-state index contributed by atoms with van der Waals surface area (Å²) in [6.07, 6.45) is -1.02. The molecule has 0 bridgehead atoms. The first-order valence-electron chi connectivity index (χ1n) is 7.11. The van der Waals surface area contributed by atoms with Crippen LogP contribution >= 0.6 is 0 Å². The van der Waals surface area contributed by atoms with Gasteiger partial charge in [0.25, 0.3) is 5.91 Å². The maximum absolute atomic E-state index is 13.4. The summed E-state index contributed by atoms with van der Waals surface area (Å²) in [5.74, 6) is -2.69. The summed E-state index contributed by atoms with van der Waals surface area (Å²) in [6.45, 7) is -0.124. The minimum atomic E-state index is -1.02. The quantitative estimate of drug-likeness (QED) is 0.793. The molecule has 2 aromatic rings. The van der Waals surface area contributed by atoms with Crippen molar-refractivity contribution in [3.05, 3.63) is 59.7 Å². The van der Waals surface area contributed by atoms with Crippen molar-refractivity contribution in [2.75, 3.05) is 18.6 Å². The highest BCUT2D eigenvalue weighted by Crippen LogP contribution is 2.34. The first-order valence-corrected chi connectivity index (χ1v) is 7.11. The Kier molecular flexibility index (Phi) is 4.16. The molecule has 24 heavy (non-hydrogen) atoms. The highest BCUT2D eigenvalue weighted by atomic mass is 19.1. The number of esters is 1. The van der Waals surface area contributed by atoms with Gasteiger partial charge in [-0.15, -0.1) is 0 Å². The van der Waals surface area contributed by atoms with Crippen LogP contribution < -0.4 is 9.64 Å². The molecule has 1 aliphatic heterocycles. The molecule has 0 radical (unpaired) electrons. The van der Waals surface area contributed by atoms with Gasteiger partial charge in [-0.05, 0) is 24.3 Å². The molecule has 0 aromatic heterocycles. The van der Waals surface area contributed by atoms with Crippen LogP contribution in [0.5, 0.6) is 5.75 Å². The maximum Gasteiger partial charge on any atom is 0.348 e. The zero-order valence-corrected chi connectivity index (χ0v) is 12.7. The van der Waals surface area contributed by atoms with E-state index in [0.717, 1.165) is 12.1 Å². The average Bonchev–Trinajstić information content (AvgIpc) is 2.58. The second-order valence-electron chi connectivity index (χ2n) is 5.17. The van der Waals surface area contributed by atoms with E-state index >= 15 is 0 Å². The van der Waals surface area contributed by atoms with Crippen LogP contribution in [0.25, 0.3) is 0 Å². The normalized spacial score (nSPS) is 16.1. The van der Waals surface area contributed by atoms with Crippen LogP contribution in [0, 0.1) is 11.6 Å². The van der Waals surface area contributed by atoms with Gasteiger partial charge in [0.2, 0.25) is 6.10 Å². The molecule has 0 N–H and O–H groups in total. The molecule has 124 valence electrons. The lowest BCUT2D eigenvalue weighted by Gasteiger charge is -2.33. The van der Waals surface area contributed by atoms with Crippen LogP contribution in [0.1, 0.15) is 10.4 Å². The number of ether oxygens (including phenoxy) is 2. The van der Waals surface area contributed by atoms with Crippen LogP contribution in [0.3, 0.4) is 0 Å². The maximum atomic E-state index is 13.4. The number of amides is 1. The minimum Gasteiger partial charge on any atom is -0.475 e. The first-order chi connectivity index (χ1) is 11.5. The fourth-order valence-electron chi connectivity index (χ4n) is 2.51. The Labute approximate surface area is 136 Å². The van der Waals surface area contributed by atoms with Crippen LogP contribution in [0.4, 0.5) is 14.5 Å². The van der Waals surface area contributed by atoms with E-state index in [1.54, 1.807) is 24.3 Å². The number of nitrogens with zero attached hydrogens (tertiary/aromatic N) is 1. The average molecular weight is 333 g/mol. The Morgan fingerprint density at radius 3 is 2.50 bits per heavy atom. The van der Waals surface area contributed by atoms with Crippen molar-refractivity contribution in [2.45, 2.75) is 6.10 Å². The summed E-state index contributed by atoms with van der Waals surface area (Å²) in [5, 5.41) is 0. The lowest BCUT2D eigenvalue weighted by molar-refractivity contribution is -0.148. The number of hydrogen-bond acceptors (Lipinski definition) is 4. The fraction of sp³-hybridized carbons (Fsp3) is 0.176. The smallest absolute Gasteiger partial charge is 0.348 e. The number of methoxy groups -OCH3 is 1. The van der Waals surface area contributed by atoms with E-state index in [1.807, 2.05) is 0 Å². The summed E-state index contributed by atoms with van der Waals surface area (Å²) in [4.78, 5) is 25.7. The predicted octanol–water partition coefficient (Wildman–Crippen LogP) is 2.55. The molecule has 5 nitrogen and oxygen atoms in total. The third-order valence-corrected chi connectivity index (χ3v) is 3.59. The van der Waals surface area contributed by atoms with E-state index in [-0.39, 0.29) is 12.1 Å². The van der Waals surface area contributed by atoms with Crippen LogP contribution in [-0.4, -0.2) is 31.6 Å². The zero-order chi connectivity index (χ0) is 17.3. The second kappa shape index (κ2) is 6.27. The molecule has 1 atom stereocenters. The van der Waals surface area contributed by atoms with E-state index in [0.29, 0.717) is 17.5 Å². The van der Waals surface area contributed by atoms with Gasteiger partial charge in [-0.25, -0.2) is 13.6 Å². The van der Waals surface area contributed by atoms with E-state index in [9.17, 15) is 18.4 Å². The summed E-state index contributed by atoms with van der Waals surface area (Å²) in [7, 11) is 1.21. The lowest BCUT2D eigenvalue weighted by atomic mass is 10.1. The van der Waals surface area contributed by atoms with Crippen molar-refractivity contribution in [3.8, 4) is 5.75 Å². The predicted molar refractivity (Wildman–Crippen MR) is 80.9 cm³/mol. The Hall–Kier alpha value is -2.96. The van der Waals surface area contributed by atoms with E-state index in [4.69, 9.17) is 4.74 Å². The van der Waals surface area contributed by atoms with Crippen molar-refractivity contribution in [2.24, 2.45) is 0 Å². The molecule has 1 amide bonds. The number of fused-ring (bicyclic) bond motifs is 1. The van der Waals surface area contributed by atoms with Gasteiger partial charge in [0, 0.05) is 11.6 Å². The third-order valence-electron chi connectivity index (χ3n) is 3.59. The number of rotatable bonds is 2. The van der Waals surface area contributed by atoms with Gasteiger partial charge in [0.05, 0.1) is 19.3 Å². The highest BCUT2D eigenvalue weighted by molar-refractivity contribution is 6.07. The number of halogens is 2. The van der Waals surface area contributed by atoms with Crippen LogP contribution in [0.2, 0.25) is 0 Å². The van der Waals surface area contributed by atoms with Crippen molar-refractivity contribution < 1.29 is 27.8 Å². The summed E-state index contributed by atoms with van der Waals surface area (Å²) < 4.78 is 37.0. The number of benzene rings is 2. The lowest BCUT2D eigenvalue weighted by Crippen LogP contribution is -2.47. The van der Waals surface area contributed by atoms with Gasteiger partial charge in [0.1, 0.15) is 17.4 Å². The zero-order valence-electron chi connectivity index (χ0n) is 12.7. The third kappa shape index (κ3) is 2.92. The number of carbonyl (C=O) groups excluding carboxylic acids is 2. The molecule has 0 spiro atoms. The Bertz CT molecular complexity index is 789. The molecule has 0 fully saturated rings. The van der Waals surface area contributed by atoms with Gasteiger partial charge >= 0.3 is 5.97 Å². The number of anilines is 1. The van der Waals surface area contributed by atoms with Gasteiger partial charge in [-0.3, -0.25) is 4.79 Å². The fourth-order valence-corrected chi connectivity index (χ4v) is 2.51. The molecule has 3 rings (SSSR count). The standard InChI is InChI=1S/C17H13F2NO4/c1-23-17(22)15-9-20(13-4-2-3-5-14(13)24-15)16(21)10-6-11(18)8-12(19)7-10/h2-8,15H,9H2,1H3/t15-/m1/s1. The molecular weight excluding hydrogens is 320 g/mol. The van der Waals surface area contributed by atoms with Crippen molar-refractivity contribution in [1.29, 1.82) is 0 Å². The molecule has 1 heterocycles. The minimum absolute atomic E-state index is 0.124. The molecular formula is C17H13F2NO4. The van der Waals surface area contributed by atoms with Gasteiger partial charge in [-0.1, -0.05) is 12.1 Å². The van der Waals surface area contributed by atoms with Gasteiger partial charge in [-0.2, -0.15) is 0 Å². The Morgan fingerprint density at radius 2 is 1.83 bits per heavy atom. The molecule has 0 unspecified atom stereocenters. The molecule has 0 aliphatic carbocycles. The molecule has 7 heteroatoms. The topological polar surface area (TPSA) is 55.8 Å². The summed E-state index contributed by atoms with van der Waals surface area (Å²) >= 11 is 0. The van der Waals surface area contributed by atoms with Crippen LogP contribution in [-0.2, 0) is 9.53 Å². The van der Waals surface area contributed by atoms with E-state index in [2.05, 4.69) is 4.74 Å². The number of para-hydroxylation sites is 2. The first kappa shape index (κ1) is 15.9. The highest BCUT2D eigenvalue weighted by Gasteiger charge is 2.35. The Morgan fingerprint density at radius 1 is 1.17 bits per heavy atom. The second-order valence-corrected chi connectivity index (χ2v) is 5.17. The largest absolute Gasteiger partial charge is 0.475 e. The van der Waals surface area contributed by atoms with Gasteiger partial charge in [0.15, 0.2) is 0 Å². The number of carbonyl (C=O) groups is 2. The monoisotopic (exact) mass is 333 g/mol. The van der Waals surface area contributed by atoms with Crippen LogP contribution in [0.15, 0.2) is 42.5 Å². The summed E-state index contributed by atoms with van der Waals surface area (Å²) in [5.41, 5.74) is 0.250. The SMILES string of the molecule is COC(=O)[C@H]1CN(C(=O)c2cc(F)cc(F)c2)c2ccccc2O1.